The zero-order chi connectivity index (χ0) is 19.1. The van der Waals surface area contributed by atoms with E-state index in [1.165, 1.54) is 18.2 Å². The Labute approximate surface area is 158 Å². The molecule has 4 rings (SSSR count). The summed E-state index contributed by atoms with van der Waals surface area (Å²) < 4.78 is 27.7. The fraction of sp³-hybridized carbons (Fsp3) is 0.200. The summed E-state index contributed by atoms with van der Waals surface area (Å²) in [6.07, 6.45) is 0. The number of aromatic nitrogens is 2. The molecule has 1 aliphatic rings. The second-order valence-corrected chi connectivity index (χ2v) is 8.02. The molecule has 7 heteroatoms. The first-order valence-corrected chi connectivity index (χ1v) is 10.0. The minimum Gasteiger partial charge on any atom is -0.306 e. The maximum Gasteiger partial charge on any atom is 0.259 e. The minimum absolute atomic E-state index is 0.0425. The number of aryl methyl sites for hydroxylation is 1. The number of carbonyl (C=O) groups is 1. The fourth-order valence-electron chi connectivity index (χ4n) is 3.22. The van der Waals surface area contributed by atoms with E-state index in [1.807, 2.05) is 32.0 Å². The van der Waals surface area contributed by atoms with E-state index in [-0.39, 0.29) is 5.56 Å². The average molecular weight is 383 g/mol. The van der Waals surface area contributed by atoms with E-state index < -0.39 is 22.5 Å². The second-order valence-electron chi connectivity index (χ2n) is 6.57. The van der Waals surface area contributed by atoms with Gasteiger partial charge in [-0.25, -0.2) is 9.07 Å². The summed E-state index contributed by atoms with van der Waals surface area (Å²) in [5.74, 6) is -0.00563. The van der Waals surface area contributed by atoms with Crippen molar-refractivity contribution < 1.29 is 13.4 Å². The number of nitrogens with zero attached hydrogens (tertiary/aromatic N) is 2. The number of nitrogens with one attached hydrogen (secondary N) is 1. The minimum atomic E-state index is -1.04. The van der Waals surface area contributed by atoms with Crippen LogP contribution in [0.25, 0.3) is 5.69 Å². The predicted octanol–water partition coefficient (Wildman–Crippen LogP) is 3.64. The zero-order valence-corrected chi connectivity index (χ0v) is 15.8. The molecule has 27 heavy (non-hydrogen) atoms. The van der Waals surface area contributed by atoms with Gasteiger partial charge in [-0.15, -0.1) is 0 Å². The molecule has 0 aliphatic carbocycles. The smallest absolute Gasteiger partial charge is 0.259 e. The number of fused-ring (bicyclic) bond motifs is 1. The van der Waals surface area contributed by atoms with Gasteiger partial charge in [-0.05, 0) is 43.2 Å². The molecular formula is C20H18FN3O2S. The number of amides is 1. The van der Waals surface area contributed by atoms with Gasteiger partial charge in [0.1, 0.15) is 11.6 Å². The number of hydrogen-bond acceptors (Lipinski definition) is 3. The summed E-state index contributed by atoms with van der Waals surface area (Å²) in [6, 6.07) is 11.7. The Hall–Kier alpha value is -2.80. The Morgan fingerprint density at radius 1 is 1.15 bits per heavy atom. The lowest BCUT2D eigenvalue weighted by Gasteiger charge is -2.14. The van der Waals surface area contributed by atoms with Gasteiger partial charge in [0.25, 0.3) is 5.91 Å². The van der Waals surface area contributed by atoms with Crippen molar-refractivity contribution in [1.29, 1.82) is 0 Å². The summed E-state index contributed by atoms with van der Waals surface area (Å²) >= 11 is 0. The van der Waals surface area contributed by atoms with Crippen LogP contribution in [-0.4, -0.2) is 19.9 Å². The molecule has 1 unspecified atom stereocenters. The maximum atomic E-state index is 14.0. The SMILES string of the molecule is Cc1cccc(-n2nc3c(c2NC(=O)c2ccccc2F)CS(=O)C3)c1C. The van der Waals surface area contributed by atoms with Crippen molar-refractivity contribution in [2.24, 2.45) is 0 Å². The molecule has 2 aromatic carbocycles. The van der Waals surface area contributed by atoms with Crippen molar-refractivity contribution in [3.05, 3.63) is 76.2 Å². The standard InChI is InChI=1S/C20H18FN3O2S/c1-12-6-5-9-18(13(12)2)24-19(15-10-27(26)11-17(15)23-24)22-20(25)14-7-3-4-8-16(14)21/h3-9H,10-11H2,1-2H3,(H,22,25). The highest BCUT2D eigenvalue weighted by Gasteiger charge is 2.29. The number of anilines is 1. The molecule has 1 aliphatic heterocycles. The molecular weight excluding hydrogens is 365 g/mol. The van der Waals surface area contributed by atoms with Gasteiger partial charge in [0.05, 0.1) is 28.5 Å². The first-order valence-electron chi connectivity index (χ1n) is 8.54. The van der Waals surface area contributed by atoms with Crippen molar-refractivity contribution in [3.8, 4) is 5.69 Å². The molecule has 0 spiro atoms. The van der Waals surface area contributed by atoms with E-state index in [2.05, 4.69) is 10.4 Å². The Balaban J connectivity index is 1.82. The summed E-state index contributed by atoms with van der Waals surface area (Å²) in [7, 11) is -1.04. The lowest BCUT2D eigenvalue weighted by molar-refractivity contribution is 0.102. The van der Waals surface area contributed by atoms with Crippen molar-refractivity contribution in [2.75, 3.05) is 5.32 Å². The number of rotatable bonds is 3. The predicted molar refractivity (Wildman–Crippen MR) is 103 cm³/mol. The summed E-state index contributed by atoms with van der Waals surface area (Å²) in [5.41, 5.74) is 4.37. The molecule has 1 amide bonds. The maximum absolute atomic E-state index is 14.0. The molecule has 0 bridgehead atoms. The van der Waals surface area contributed by atoms with Crippen LogP contribution in [0.2, 0.25) is 0 Å². The third kappa shape index (κ3) is 3.08. The van der Waals surface area contributed by atoms with Crippen LogP contribution in [0.15, 0.2) is 42.5 Å². The zero-order valence-electron chi connectivity index (χ0n) is 15.0. The number of benzene rings is 2. The molecule has 1 N–H and O–H groups in total. The van der Waals surface area contributed by atoms with Gasteiger partial charge in [0.15, 0.2) is 0 Å². The molecule has 0 saturated carbocycles. The molecule has 1 atom stereocenters. The third-order valence-electron chi connectivity index (χ3n) is 4.82. The molecule has 0 saturated heterocycles. The molecule has 5 nitrogen and oxygen atoms in total. The summed E-state index contributed by atoms with van der Waals surface area (Å²) in [5, 5.41) is 7.40. The lowest BCUT2D eigenvalue weighted by atomic mass is 10.1. The quantitative estimate of drug-likeness (QED) is 0.751. The topological polar surface area (TPSA) is 64.0 Å². The number of carbonyl (C=O) groups excluding carboxylic acids is 1. The fourth-order valence-corrected chi connectivity index (χ4v) is 4.48. The Morgan fingerprint density at radius 3 is 2.70 bits per heavy atom. The van der Waals surface area contributed by atoms with Crippen molar-refractivity contribution in [1.82, 2.24) is 9.78 Å². The Morgan fingerprint density at radius 2 is 1.93 bits per heavy atom. The Bertz CT molecular complexity index is 1090. The molecule has 3 aromatic rings. The Kier molecular flexibility index (Phi) is 4.39. The van der Waals surface area contributed by atoms with Gasteiger partial charge < -0.3 is 5.32 Å². The van der Waals surface area contributed by atoms with Crippen LogP contribution in [0.3, 0.4) is 0 Å². The van der Waals surface area contributed by atoms with E-state index >= 15 is 0 Å². The number of hydrogen-bond donors (Lipinski definition) is 1. The van der Waals surface area contributed by atoms with Gasteiger partial charge in [0, 0.05) is 16.4 Å². The van der Waals surface area contributed by atoms with Gasteiger partial charge in [-0.1, -0.05) is 24.3 Å². The van der Waals surface area contributed by atoms with E-state index in [1.54, 1.807) is 10.7 Å². The van der Waals surface area contributed by atoms with E-state index in [0.29, 0.717) is 23.0 Å². The van der Waals surface area contributed by atoms with Gasteiger partial charge >= 0.3 is 0 Å². The second kappa shape index (κ2) is 6.74. The normalized spacial score (nSPS) is 15.6. The summed E-state index contributed by atoms with van der Waals surface area (Å²) in [6.45, 7) is 3.99. The highest BCUT2D eigenvalue weighted by molar-refractivity contribution is 7.83. The van der Waals surface area contributed by atoms with Gasteiger partial charge in [-0.3, -0.25) is 9.00 Å². The van der Waals surface area contributed by atoms with Crippen LogP contribution >= 0.6 is 0 Å². The molecule has 138 valence electrons. The van der Waals surface area contributed by atoms with E-state index in [0.717, 1.165) is 22.4 Å². The van der Waals surface area contributed by atoms with Crippen LogP contribution < -0.4 is 5.32 Å². The van der Waals surface area contributed by atoms with Gasteiger partial charge in [-0.2, -0.15) is 5.10 Å². The van der Waals surface area contributed by atoms with Gasteiger partial charge in [0.2, 0.25) is 0 Å². The van der Waals surface area contributed by atoms with E-state index in [9.17, 15) is 13.4 Å². The number of halogens is 1. The average Bonchev–Trinajstić information content (AvgIpc) is 3.15. The first-order chi connectivity index (χ1) is 13.0. The van der Waals surface area contributed by atoms with Crippen molar-refractivity contribution in [3.63, 3.8) is 0 Å². The third-order valence-corrected chi connectivity index (χ3v) is 6.03. The van der Waals surface area contributed by atoms with Crippen molar-refractivity contribution >= 4 is 22.5 Å². The molecule has 2 heterocycles. The van der Waals surface area contributed by atoms with Crippen LogP contribution in [0.5, 0.6) is 0 Å². The van der Waals surface area contributed by atoms with Crippen LogP contribution in [0.1, 0.15) is 32.7 Å². The lowest BCUT2D eigenvalue weighted by Crippen LogP contribution is -2.18. The van der Waals surface area contributed by atoms with Crippen molar-refractivity contribution in [2.45, 2.75) is 25.4 Å². The van der Waals surface area contributed by atoms with E-state index in [4.69, 9.17) is 0 Å². The monoisotopic (exact) mass is 383 g/mol. The molecule has 1 aromatic heterocycles. The largest absolute Gasteiger partial charge is 0.306 e. The molecule has 0 fully saturated rings. The highest BCUT2D eigenvalue weighted by atomic mass is 32.2. The highest BCUT2D eigenvalue weighted by Crippen LogP contribution is 2.33. The van der Waals surface area contributed by atoms with Crippen LogP contribution in [0, 0.1) is 19.7 Å². The van der Waals surface area contributed by atoms with Crippen LogP contribution in [0.4, 0.5) is 10.2 Å². The first kappa shape index (κ1) is 17.6. The van der Waals surface area contributed by atoms with Crippen LogP contribution in [-0.2, 0) is 22.3 Å². The molecule has 0 radical (unpaired) electrons. The summed E-state index contributed by atoms with van der Waals surface area (Å²) in [4.78, 5) is 12.7.